The number of aromatic nitrogens is 3. The quantitative estimate of drug-likeness (QED) is 0.877. The van der Waals surface area contributed by atoms with Crippen LogP contribution in [0, 0.1) is 11.3 Å². The van der Waals surface area contributed by atoms with Gasteiger partial charge < -0.3 is 15.1 Å². The number of rotatable bonds is 2. The first-order chi connectivity index (χ1) is 13.1. The average Bonchev–Trinajstić information content (AvgIpc) is 3.39. The van der Waals surface area contributed by atoms with Crippen molar-refractivity contribution >= 4 is 17.5 Å². The van der Waals surface area contributed by atoms with Gasteiger partial charge >= 0.3 is 0 Å². The maximum atomic E-state index is 9.25. The molecule has 0 unspecified atom stereocenters. The monoisotopic (exact) mass is 361 g/mol. The van der Waals surface area contributed by atoms with Crippen LogP contribution in [0.25, 0.3) is 0 Å². The summed E-state index contributed by atoms with van der Waals surface area (Å²) < 4.78 is 0. The summed E-state index contributed by atoms with van der Waals surface area (Å²) in [6, 6.07) is 6.63. The second-order valence-electron chi connectivity index (χ2n) is 8.09. The maximum absolute atomic E-state index is 9.25. The van der Waals surface area contributed by atoms with E-state index in [0.29, 0.717) is 17.6 Å². The number of piperazine rings is 1. The summed E-state index contributed by atoms with van der Waals surface area (Å²) in [6.45, 7) is 7.24. The lowest BCUT2D eigenvalue weighted by Gasteiger charge is -2.39. The smallest absolute Gasteiger partial charge is 0.143 e. The van der Waals surface area contributed by atoms with Crippen molar-refractivity contribution in [1.29, 1.82) is 5.26 Å². The van der Waals surface area contributed by atoms with Crippen molar-refractivity contribution in [3.05, 3.63) is 35.8 Å². The predicted molar refractivity (Wildman–Crippen MR) is 103 cm³/mol. The van der Waals surface area contributed by atoms with Crippen molar-refractivity contribution in [3.63, 3.8) is 0 Å². The fourth-order valence-electron chi connectivity index (χ4n) is 4.42. The van der Waals surface area contributed by atoms with Gasteiger partial charge in [0, 0.05) is 48.9 Å². The Hall–Kier alpha value is -2.72. The van der Waals surface area contributed by atoms with Crippen molar-refractivity contribution in [2.75, 3.05) is 29.4 Å². The molecule has 2 atom stereocenters. The second kappa shape index (κ2) is 5.89. The van der Waals surface area contributed by atoms with Gasteiger partial charge in [0.25, 0.3) is 0 Å². The van der Waals surface area contributed by atoms with E-state index in [-0.39, 0.29) is 5.41 Å². The van der Waals surface area contributed by atoms with E-state index in [2.05, 4.69) is 45.0 Å². The van der Waals surface area contributed by atoms with Crippen LogP contribution >= 0.6 is 0 Å². The lowest BCUT2D eigenvalue weighted by Crippen LogP contribution is -2.55. The Labute approximate surface area is 159 Å². The standard InChI is InChI=1S/C20H23N7/c1-13-10-26(14(2)9-23-13)18-17-19(25-12-24-18)27(11-20(17)4-5-20)16-7-15(8-21)3-6-22-16/h3,6-7,12-14,23H,4-5,9-11H2,1-2H3/t13-,14+/m1/s1. The Kier molecular flexibility index (Phi) is 3.59. The van der Waals surface area contributed by atoms with Crippen molar-refractivity contribution < 1.29 is 0 Å². The van der Waals surface area contributed by atoms with Crippen molar-refractivity contribution in [2.45, 2.75) is 44.2 Å². The molecule has 2 aromatic rings. The highest BCUT2D eigenvalue weighted by molar-refractivity contribution is 5.75. The number of nitrogens with one attached hydrogen (secondary N) is 1. The van der Waals surface area contributed by atoms with Crippen molar-refractivity contribution in [1.82, 2.24) is 20.3 Å². The first-order valence-corrected chi connectivity index (χ1v) is 9.60. The fourth-order valence-corrected chi connectivity index (χ4v) is 4.42. The minimum atomic E-state index is 0.129. The number of nitriles is 1. The highest BCUT2D eigenvalue weighted by Gasteiger charge is 2.55. The van der Waals surface area contributed by atoms with E-state index in [1.807, 2.05) is 6.07 Å². The van der Waals surface area contributed by atoms with Gasteiger partial charge in [-0.2, -0.15) is 5.26 Å². The van der Waals surface area contributed by atoms with Gasteiger partial charge in [-0.3, -0.25) is 0 Å². The summed E-state index contributed by atoms with van der Waals surface area (Å²) in [5, 5.41) is 12.8. The SMILES string of the molecule is C[C@@H]1CN(c2ncnc3c2C2(CC2)CN3c2cc(C#N)ccn2)[C@@H](C)CN1. The molecule has 2 aromatic heterocycles. The normalized spacial score (nSPS) is 25.4. The highest BCUT2D eigenvalue weighted by atomic mass is 15.3. The summed E-state index contributed by atoms with van der Waals surface area (Å²) in [4.78, 5) is 18.5. The van der Waals surface area contributed by atoms with E-state index in [1.54, 1.807) is 18.6 Å². The predicted octanol–water partition coefficient (Wildman–Crippen LogP) is 2.11. The molecule has 2 fully saturated rings. The lowest BCUT2D eigenvalue weighted by atomic mass is 9.99. The largest absolute Gasteiger partial charge is 0.351 e. The van der Waals surface area contributed by atoms with E-state index in [0.717, 1.165) is 49.9 Å². The molecule has 4 heterocycles. The van der Waals surface area contributed by atoms with E-state index < -0.39 is 0 Å². The molecule has 1 saturated carbocycles. The van der Waals surface area contributed by atoms with Gasteiger partial charge in [0.15, 0.2) is 0 Å². The molecular formula is C20H23N7. The van der Waals surface area contributed by atoms with Gasteiger partial charge in [0.05, 0.1) is 11.6 Å². The van der Waals surface area contributed by atoms with Gasteiger partial charge in [-0.1, -0.05) is 0 Å². The number of fused-ring (bicyclic) bond motifs is 2. The van der Waals surface area contributed by atoms with Crippen LogP contribution < -0.4 is 15.1 Å². The highest BCUT2D eigenvalue weighted by Crippen LogP contribution is 2.59. The van der Waals surface area contributed by atoms with Crippen molar-refractivity contribution in [2.24, 2.45) is 0 Å². The van der Waals surface area contributed by atoms with Crippen LogP contribution in [-0.2, 0) is 5.41 Å². The Balaban J connectivity index is 1.61. The number of nitrogens with zero attached hydrogens (tertiary/aromatic N) is 6. The summed E-state index contributed by atoms with van der Waals surface area (Å²) >= 11 is 0. The number of hydrogen-bond acceptors (Lipinski definition) is 7. The molecule has 7 heteroatoms. The minimum Gasteiger partial charge on any atom is -0.351 e. The average molecular weight is 361 g/mol. The van der Waals surface area contributed by atoms with Gasteiger partial charge in [0.1, 0.15) is 23.8 Å². The van der Waals surface area contributed by atoms with Crippen molar-refractivity contribution in [3.8, 4) is 6.07 Å². The van der Waals surface area contributed by atoms with Crippen LogP contribution in [0.3, 0.4) is 0 Å². The van der Waals surface area contributed by atoms with Crippen LogP contribution in [0.2, 0.25) is 0 Å². The van der Waals surface area contributed by atoms with Gasteiger partial charge in [-0.05, 0) is 38.8 Å². The van der Waals surface area contributed by atoms with Crippen LogP contribution in [0.15, 0.2) is 24.7 Å². The van der Waals surface area contributed by atoms with Crippen LogP contribution in [0.1, 0.15) is 37.8 Å². The molecule has 2 aliphatic heterocycles. The third kappa shape index (κ3) is 2.55. The summed E-state index contributed by atoms with van der Waals surface area (Å²) in [5.41, 5.74) is 2.02. The first-order valence-electron chi connectivity index (χ1n) is 9.60. The molecule has 1 N–H and O–H groups in total. The summed E-state index contributed by atoms with van der Waals surface area (Å²) in [5.74, 6) is 2.83. The zero-order chi connectivity index (χ0) is 18.6. The van der Waals surface area contributed by atoms with E-state index in [4.69, 9.17) is 4.98 Å². The summed E-state index contributed by atoms with van der Waals surface area (Å²) in [7, 11) is 0. The Morgan fingerprint density at radius 3 is 2.81 bits per heavy atom. The molecule has 0 aromatic carbocycles. The molecule has 138 valence electrons. The Morgan fingerprint density at radius 1 is 1.22 bits per heavy atom. The summed E-state index contributed by atoms with van der Waals surface area (Å²) in [6.07, 6.45) is 5.69. The lowest BCUT2D eigenvalue weighted by molar-refractivity contribution is 0.421. The van der Waals surface area contributed by atoms with Gasteiger partial charge in [-0.15, -0.1) is 0 Å². The third-order valence-corrected chi connectivity index (χ3v) is 6.10. The zero-order valence-electron chi connectivity index (χ0n) is 15.7. The maximum Gasteiger partial charge on any atom is 0.143 e. The Morgan fingerprint density at radius 2 is 2.04 bits per heavy atom. The van der Waals surface area contributed by atoms with Crippen LogP contribution in [0.4, 0.5) is 17.5 Å². The molecule has 0 radical (unpaired) electrons. The molecule has 1 saturated heterocycles. The second-order valence-corrected chi connectivity index (χ2v) is 8.09. The number of hydrogen-bond donors (Lipinski definition) is 1. The molecule has 0 bridgehead atoms. The minimum absolute atomic E-state index is 0.129. The first kappa shape index (κ1) is 16.5. The topological polar surface area (TPSA) is 81.0 Å². The molecular weight excluding hydrogens is 338 g/mol. The third-order valence-electron chi connectivity index (χ3n) is 6.10. The van der Waals surface area contributed by atoms with Crippen LogP contribution in [0.5, 0.6) is 0 Å². The fraction of sp³-hybridized carbons (Fsp3) is 0.500. The molecule has 1 spiro atoms. The Bertz CT molecular complexity index is 930. The van der Waals surface area contributed by atoms with E-state index in [1.165, 1.54) is 5.56 Å². The molecule has 5 rings (SSSR count). The molecule has 3 aliphatic rings. The molecule has 0 amide bonds. The van der Waals surface area contributed by atoms with E-state index >= 15 is 0 Å². The van der Waals surface area contributed by atoms with E-state index in [9.17, 15) is 5.26 Å². The molecule has 1 aliphatic carbocycles. The number of pyridine rings is 1. The number of anilines is 3. The molecule has 7 nitrogen and oxygen atoms in total. The zero-order valence-corrected chi connectivity index (χ0v) is 15.7. The molecule has 27 heavy (non-hydrogen) atoms. The van der Waals surface area contributed by atoms with Crippen LogP contribution in [-0.4, -0.2) is 46.7 Å². The van der Waals surface area contributed by atoms with Gasteiger partial charge in [-0.25, -0.2) is 15.0 Å². The van der Waals surface area contributed by atoms with Gasteiger partial charge in [0.2, 0.25) is 0 Å².